The standard InChI is InChI=1S/C16H19N3O3/c1-18-12-8-4-5-9-13(12)19(16(22)15(18)21)10-14(20)17-11-6-2-3-7-11/h4-5,8-9,11H,2-3,6-7,10H2,1H3,(H,17,20). The second-order valence-corrected chi connectivity index (χ2v) is 5.79. The van der Waals surface area contributed by atoms with Crippen molar-refractivity contribution in [3.05, 3.63) is 45.0 Å². The molecule has 2 aromatic rings. The number of hydrogen-bond donors (Lipinski definition) is 1. The van der Waals surface area contributed by atoms with Gasteiger partial charge in [0.05, 0.1) is 11.0 Å². The Labute approximate surface area is 127 Å². The lowest BCUT2D eigenvalue weighted by molar-refractivity contribution is -0.122. The Balaban J connectivity index is 1.98. The minimum absolute atomic E-state index is 0.119. The van der Waals surface area contributed by atoms with Gasteiger partial charge in [0.25, 0.3) is 0 Å². The summed E-state index contributed by atoms with van der Waals surface area (Å²) in [6.45, 7) is -0.119. The van der Waals surface area contributed by atoms with Crippen LogP contribution in [0.25, 0.3) is 11.0 Å². The molecule has 0 unspecified atom stereocenters. The maximum atomic E-state index is 12.2. The molecule has 22 heavy (non-hydrogen) atoms. The Morgan fingerprint density at radius 2 is 1.77 bits per heavy atom. The van der Waals surface area contributed by atoms with Crippen LogP contribution in [-0.2, 0) is 18.4 Å². The molecule has 1 heterocycles. The number of para-hydroxylation sites is 2. The molecule has 6 heteroatoms. The normalized spacial score (nSPS) is 15.3. The van der Waals surface area contributed by atoms with Gasteiger partial charge >= 0.3 is 11.1 Å². The number of benzene rings is 1. The highest BCUT2D eigenvalue weighted by atomic mass is 16.2. The number of rotatable bonds is 3. The summed E-state index contributed by atoms with van der Waals surface area (Å²) < 4.78 is 2.59. The van der Waals surface area contributed by atoms with Crippen molar-refractivity contribution in [3.63, 3.8) is 0 Å². The van der Waals surface area contributed by atoms with Crippen LogP contribution < -0.4 is 16.4 Å². The van der Waals surface area contributed by atoms with Crippen LogP contribution in [0.3, 0.4) is 0 Å². The molecular formula is C16H19N3O3. The molecule has 3 rings (SSSR count). The summed E-state index contributed by atoms with van der Waals surface area (Å²) in [5, 5.41) is 2.95. The highest BCUT2D eigenvalue weighted by Crippen LogP contribution is 2.17. The van der Waals surface area contributed by atoms with Gasteiger partial charge in [-0.25, -0.2) is 0 Å². The first-order chi connectivity index (χ1) is 10.6. The zero-order valence-corrected chi connectivity index (χ0v) is 12.5. The van der Waals surface area contributed by atoms with Crippen LogP contribution in [0, 0.1) is 0 Å². The second-order valence-electron chi connectivity index (χ2n) is 5.79. The first-order valence-corrected chi connectivity index (χ1v) is 7.56. The molecule has 1 aromatic heterocycles. The Kier molecular flexibility index (Phi) is 3.83. The van der Waals surface area contributed by atoms with Crippen LogP contribution in [0.15, 0.2) is 33.9 Å². The van der Waals surface area contributed by atoms with Gasteiger partial charge in [-0.2, -0.15) is 0 Å². The third-order valence-electron chi connectivity index (χ3n) is 4.29. The zero-order valence-electron chi connectivity index (χ0n) is 12.5. The molecule has 1 aliphatic carbocycles. The van der Waals surface area contributed by atoms with Crippen LogP contribution in [0.2, 0.25) is 0 Å². The van der Waals surface area contributed by atoms with E-state index in [4.69, 9.17) is 0 Å². The Bertz CT molecular complexity index is 829. The molecule has 1 amide bonds. The average Bonchev–Trinajstić information content (AvgIpc) is 3.02. The lowest BCUT2D eigenvalue weighted by atomic mass is 10.2. The lowest BCUT2D eigenvalue weighted by Crippen LogP contribution is -2.44. The van der Waals surface area contributed by atoms with Crippen molar-refractivity contribution >= 4 is 16.9 Å². The van der Waals surface area contributed by atoms with Crippen molar-refractivity contribution in [2.75, 3.05) is 0 Å². The molecule has 0 saturated heterocycles. The van der Waals surface area contributed by atoms with Crippen molar-refractivity contribution < 1.29 is 4.79 Å². The molecule has 1 fully saturated rings. The van der Waals surface area contributed by atoms with Crippen molar-refractivity contribution in [1.29, 1.82) is 0 Å². The van der Waals surface area contributed by atoms with Crippen molar-refractivity contribution in [2.45, 2.75) is 38.3 Å². The summed E-state index contributed by atoms with van der Waals surface area (Å²) >= 11 is 0. The number of amides is 1. The number of aryl methyl sites for hydroxylation is 1. The van der Waals surface area contributed by atoms with Crippen LogP contribution in [0.4, 0.5) is 0 Å². The predicted molar refractivity (Wildman–Crippen MR) is 83.8 cm³/mol. The number of carbonyl (C=O) groups excluding carboxylic acids is 1. The Morgan fingerprint density at radius 1 is 1.14 bits per heavy atom. The number of fused-ring (bicyclic) bond motifs is 1. The highest BCUT2D eigenvalue weighted by molar-refractivity contribution is 5.80. The number of nitrogens with one attached hydrogen (secondary N) is 1. The van der Waals surface area contributed by atoms with E-state index in [9.17, 15) is 14.4 Å². The van der Waals surface area contributed by atoms with Crippen LogP contribution in [0.1, 0.15) is 25.7 Å². The number of aromatic nitrogens is 2. The van der Waals surface area contributed by atoms with E-state index in [1.807, 2.05) is 0 Å². The van der Waals surface area contributed by atoms with E-state index in [0.29, 0.717) is 11.0 Å². The van der Waals surface area contributed by atoms with Crippen LogP contribution >= 0.6 is 0 Å². The summed E-state index contributed by atoms with van der Waals surface area (Å²) in [5.41, 5.74) is -0.0490. The Hall–Kier alpha value is -2.37. The van der Waals surface area contributed by atoms with Gasteiger partial charge in [0.15, 0.2) is 0 Å². The molecule has 0 spiro atoms. The van der Waals surface area contributed by atoms with Crippen molar-refractivity contribution in [3.8, 4) is 0 Å². The van der Waals surface area contributed by atoms with E-state index < -0.39 is 11.1 Å². The molecule has 0 aliphatic heterocycles. The van der Waals surface area contributed by atoms with Gasteiger partial charge in [0, 0.05) is 13.1 Å². The second kappa shape index (κ2) is 5.79. The van der Waals surface area contributed by atoms with Gasteiger partial charge in [-0.1, -0.05) is 25.0 Å². The third kappa shape index (κ3) is 2.56. The van der Waals surface area contributed by atoms with E-state index >= 15 is 0 Å². The van der Waals surface area contributed by atoms with E-state index in [0.717, 1.165) is 25.7 Å². The molecule has 0 atom stereocenters. The molecule has 1 saturated carbocycles. The smallest absolute Gasteiger partial charge is 0.317 e. The fourth-order valence-electron chi connectivity index (χ4n) is 3.10. The summed E-state index contributed by atoms with van der Waals surface area (Å²) in [4.78, 5) is 36.4. The quantitative estimate of drug-likeness (QED) is 0.851. The van der Waals surface area contributed by atoms with Gasteiger partial charge in [-0.05, 0) is 25.0 Å². The summed E-state index contributed by atoms with van der Waals surface area (Å²) in [6, 6.07) is 7.30. The largest absolute Gasteiger partial charge is 0.352 e. The lowest BCUT2D eigenvalue weighted by Gasteiger charge is -2.15. The van der Waals surface area contributed by atoms with Crippen LogP contribution in [0.5, 0.6) is 0 Å². The van der Waals surface area contributed by atoms with Crippen LogP contribution in [-0.4, -0.2) is 21.1 Å². The molecule has 6 nitrogen and oxygen atoms in total. The molecule has 1 aromatic carbocycles. The minimum atomic E-state index is -0.664. The highest BCUT2D eigenvalue weighted by Gasteiger charge is 2.19. The van der Waals surface area contributed by atoms with Gasteiger partial charge < -0.3 is 9.88 Å². The predicted octanol–water partition coefficient (Wildman–Crippen LogP) is 0.759. The number of nitrogens with zero attached hydrogens (tertiary/aromatic N) is 2. The number of carbonyl (C=O) groups is 1. The summed E-state index contributed by atoms with van der Waals surface area (Å²) in [6.07, 6.45) is 4.22. The molecular weight excluding hydrogens is 282 g/mol. The summed E-state index contributed by atoms with van der Waals surface area (Å²) in [5.74, 6) is -0.215. The minimum Gasteiger partial charge on any atom is -0.352 e. The maximum absolute atomic E-state index is 12.2. The molecule has 0 bridgehead atoms. The maximum Gasteiger partial charge on any atom is 0.317 e. The van der Waals surface area contributed by atoms with E-state index in [-0.39, 0.29) is 18.5 Å². The molecule has 0 radical (unpaired) electrons. The molecule has 116 valence electrons. The average molecular weight is 301 g/mol. The molecule has 1 N–H and O–H groups in total. The van der Waals surface area contributed by atoms with E-state index in [1.165, 1.54) is 9.13 Å². The third-order valence-corrected chi connectivity index (χ3v) is 4.29. The van der Waals surface area contributed by atoms with Crippen molar-refractivity contribution in [1.82, 2.24) is 14.5 Å². The van der Waals surface area contributed by atoms with Crippen molar-refractivity contribution in [2.24, 2.45) is 7.05 Å². The Morgan fingerprint density at radius 3 is 2.45 bits per heavy atom. The van der Waals surface area contributed by atoms with Gasteiger partial charge in [-0.3, -0.25) is 19.0 Å². The topological polar surface area (TPSA) is 73.1 Å². The SMILES string of the molecule is Cn1c(=O)c(=O)n(CC(=O)NC2CCCC2)c2ccccc21. The fraction of sp³-hybridized carbons (Fsp3) is 0.438. The first-order valence-electron chi connectivity index (χ1n) is 7.56. The monoisotopic (exact) mass is 301 g/mol. The van der Waals surface area contributed by atoms with E-state index in [2.05, 4.69) is 5.32 Å². The summed E-state index contributed by atoms with van der Waals surface area (Å²) in [7, 11) is 1.56. The van der Waals surface area contributed by atoms with Gasteiger partial charge in [-0.15, -0.1) is 0 Å². The van der Waals surface area contributed by atoms with Gasteiger partial charge in [0.1, 0.15) is 6.54 Å². The van der Waals surface area contributed by atoms with E-state index in [1.54, 1.807) is 31.3 Å². The van der Waals surface area contributed by atoms with Gasteiger partial charge in [0.2, 0.25) is 5.91 Å². The fourth-order valence-corrected chi connectivity index (χ4v) is 3.10. The number of hydrogen-bond acceptors (Lipinski definition) is 3. The zero-order chi connectivity index (χ0) is 15.7. The first kappa shape index (κ1) is 14.6. The molecule has 1 aliphatic rings.